The minimum atomic E-state index is -3.87. The highest BCUT2D eigenvalue weighted by Crippen LogP contribution is 2.30. The van der Waals surface area contributed by atoms with E-state index < -0.39 is 70.1 Å². The van der Waals surface area contributed by atoms with Crippen molar-refractivity contribution in [3.63, 3.8) is 0 Å². The number of carboxylic acid groups (broad SMARTS) is 5. The summed E-state index contributed by atoms with van der Waals surface area (Å²) in [6, 6.07) is 59.5. The Morgan fingerprint density at radius 1 is 0.298 bits per heavy atom. The van der Waals surface area contributed by atoms with Crippen molar-refractivity contribution in [2.45, 2.75) is 99.9 Å². The summed E-state index contributed by atoms with van der Waals surface area (Å²) in [5.74, 6) is -3.62. The van der Waals surface area contributed by atoms with Crippen molar-refractivity contribution < 1.29 is 101 Å². The SMILES string of the molecule is COc1ccc(C(=O)NCc2ccc(C[C@H](N)C(=O)O)cc2)c(OC)c1.COc1ccc(OC)c(C(=O)NCc2ccc(C[C@H](N)C(=O)O)cc2)c1.COc1ccccc1C(=O)NCc1ccc(C[C@H](N)C(=O)O)cc1.N[C@@H](Cc1ccc(CNC(=O)c2ccccc2Cl)cc1)C(=O)O.N[C@@H](Cc1ccc(CNS(=O)(=O)c2c(Cl)cccc2Cl)cc1)C(=O)O. The summed E-state index contributed by atoms with van der Waals surface area (Å²) in [6.07, 6.45) is 1.23. The van der Waals surface area contributed by atoms with E-state index in [0.717, 1.165) is 50.1 Å². The van der Waals surface area contributed by atoms with Gasteiger partial charge in [-0.05, 0) is 154 Å². The van der Waals surface area contributed by atoms with Crippen molar-refractivity contribution in [1.82, 2.24) is 26.0 Å². The zero-order valence-corrected chi connectivity index (χ0v) is 71.1. The molecule has 0 radical (unpaired) electrons. The number of hydrogen-bond acceptors (Lipinski definition) is 21. The molecule has 0 spiro atoms. The quantitative estimate of drug-likeness (QED) is 0.0174. The van der Waals surface area contributed by atoms with Crippen LogP contribution in [0.4, 0.5) is 0 Å². The summed E-state index contributed by atoms with van der Waals surface area (Å²) in [6.45, 7) is 1.41. The number of methoxy groups -OCH3 is 5. The standard InChI is InChI=1S/2C19H22N2O5.C18H20N2O4.C17H17ClN2O3.C16H16Cl2N2O4S/c1-25-14-7-8-17(26-2)15(10-14)18(22)21-11-13-5-3-12(4-6-13)9-16(20)19(23)24;1-25-14-7-8-15(17(10-14)26-2)18(22)21-11-13-5-3-12(4-6-13)9-16(20)19(23)24;1-24-16-5-3-2-4-14(16)17(21)20-11-13-8-6-12(7-9-13)10-15(19)18(22)23;18-14-4-2-1-3-13(14)16(21)20-10-12-7-5-11(6-8-12)9-15(19)17(22)23;17-12-2-1-3-13(18)15(12)25(23,24)20-9-11-6-4-10(5-7-11)8-14(19)16(21)22/h2*3-8,10,16H,9,11,20H2,1-2H3,(H,21,22)(H,23,24);2-9,15H,10-11,19H2,1H3,(H,20,21)(H,22,23);1-8,15H,9-10,19H2,(H,20,21)(H,22,23);1-7,14,20H,8-9,19H2,(H,21,22)/t2*16-;2*15-;14-/m00000/s1. The molecule has 35 heteroatoms. The Labute approximate surface area is 731 Å². The van der Waals surface area contributed by atoms with E-state index in [1.807, 2.05) is 60.7 Å². The normalized spacial score (nSPS) is 11.8. The largest absolute Gasteiger partial charge is 0.497 e. The molecule has 0 aliphatic carbocycles. The smallest absolute Gasteiger partial charge is 0.320 e. The first kappa shape index (κ1) is 99.8. The number of amides is 4. The Morgan fingerprint density at radius 3 is 0.895 bits per heavy atom. The summed E-state index contributed by atoms with van der Waals surface area (Å²) < 4.78 is 53.1. The molecule has 5 atom stereocenters. The van der Waals surface area contributed by atoms with Crippen molar-refractivity contribution in [2.24, 2.45) is 28.7 Å². The molecule has 0 saturated heterocycles. The van der Waals surface area contributed by atoms with Crippen LogP contribution in [0.5, 0.6) is 28.7 Å². The molecule has 20 N–H and O–H groups in total. The first-order valence-electron chi connectivity index (χ1n) is 37.8. The Hall–Kier alpha value is -13.0. The lowest BCUT2D eigenvalue weighted by Gasteiger charge is -2.11. The molecule has 0 aliphatic heterocycles. The van der Waals surface area contributed by atoms with Gasteiger partial charge in [-0.1, -0.05) is 186 Å². The molecule has 124 heavy (non-hydrogen) atoms. The van der Waals surface area contributed by atoms with Crippen LogP contribution in [0.15, 0.2) is 229 Å². The van der Waals surface area contributed by atoms with Crippen LogP contribution in [0.3, 0.4) is 0 Å². The van der Waals surface area contributed by atoms with Crippen molar-refractivity contribution in [2.75, 3.05) is 35.5 Å². The lowest BCUT2D eigenvalue weighted by atomic mass is 10.0. The third-order valence-corrected chi connectivity index (χ3v) is 20.9. The summed E-state index contributed by atoms with van der Waals surface area (Å²) >= 11 is 17.8. The van der Waals surface area contributed by atoms with Gasteiger partial charge in [-0.15, -0.1) is 0 Å². The van der Waals surface area contributed by atoms with E-state index in [9.17, 15) is 51.6 Å². The van der Waals surface area contributed by atoms with E-state index in [0.29, 0.717) is 87.8 Å². The summed E-state index contributed by atoms with van der Waals surface area (Å²) in [7, 11) is 3.71. The molecule has 10 rings (SSSR count). The number of carbonyl (C=O) groups is 9. The third-order valence-electron chi connectivity index (χ3n) is 18.2. The molecule has 0 aliphatic rings. The second-order valence-corrected chi connectivity index (χ2v) is 30.2. The first-order chi connectivity index (χ1) is 59.1. The topological polar surface area (TPSA) is 525 Å². The van der Waals surface area contributed by atoms with Crippen LogP contribution in [-0.2, 0) is 98.8 Å². The summed E-state index contributed by atoms with van der Waals surface area (Å²) in [4.78, 5) is 103. The second kappa shape index (κ2) is 50.4. The number of sulfonamides is 1. The van der Waals surface area contributed by atoms with Crippen LogP contribution in [0.1, 0.15) is 97.1 Å². The molecule has 656 valence electrons. The van der Waals surface area contributed by atoms with E-state index in [2.05, 4.69) is 26.0 Å². The number of aliphatic carboxylic acids is 5. The number of carboxylic acids is 5. The van der Waals surface area contributed by atoms with Gasteiger partial charge in [-0.2, -0.15) is 0 Å². The van der Waals surface area contributed by atoms with Crippen LogP contribution in [-0.4, -0.2) is 153 Å². The lowest BCUT2D eigenvalue weighted by Crippen LogP contribution is -2.32. The monoisotopic (exact) mass is 1780 g/mol. The number of nitrogens with two attached hydrogens (primary N) is 5. The number of hydrogen-bond donors (Lipinski definition) is 15. The zero-order valence-electron chi connectivity index (χ0n) is 68.0. The number of para-hydroxylation sites is 1. The van der Waals surface area contributed by atoms with Gasteiger partial charge >= 0.3 is 29.8 Å². The van der Waals surface area contributed by atoms with Gasteiger partial charge in [0.2, 0.25) is 10.0 Å². The molecule has 0 unspecified atom stereocenters. The molecule has 31 nitrogen and oxygen atoms in total. The molecule has 4 amide bonds. The number of rotatable bonds is 36. The minimum Gasteiger partial charge on any atom is -0.497 e. The predicted octanol–water partition coefficient (Wildman–Crippen LogP) is 9.41. The van der Waals surface area contributed by atoms with Gasteiger partial charge in [0.25, 0.3) is 23.6 Å². The maximum Gasteiger partial charge on any atom is 0.320 e. The highest BCUT2D eigenvalue weighted by Gasteiger charge is 2.24. The van der Waals surface area contributed by atoms with Gasteiger partial charge in [0.05, 0.1) is 72.9 Å². The Balaban J connectivity index is 0.000000240. The van der Waals surface area contributed by atoms with Crippen LogP contribution >= 0.6 is 34.8 Å². The molecular weight excluding hydrogens is 1680 g/mol. The van der Waals surface area contributed by atoms with E-state index in [-0.39, 0.29) is 77.2 Å². The average molecular weight is 1780 g/mol. The van der Waals surface area contributed by atoms with E-state index in [1.54, 1.807) is 159 Å². The molecule has 0 heterocycles. The predicted molar refractivity (Wildman–Crippen MR) is 467 cm³/mol. The highest BCUT2D eigenvalue weighted by atomic mass is 35.5. The van der Waals surface area contributed by atoms with Gasteiger partial charge in [0, 0.05) is 38.8 Å². The molecule has 0 aromatic heterocycles. The van der Waals surface area contributed by atoms with E-state index in [1.165, 1.54) is 40.6 Å². The molecule has 0 saturated carbocycles. The first-order valence-corrected chi connectivity index (χ1v) is 40.4. The molecule has 0 bridgehead atoms. The van der Waals surface area contributed by atoms with Gasteiger partial charge in [0.15, 0.2) is 0 Å². The number of ether oxygens (including phenoxy) is 5. The molecule has 0 fully saturated rings. The number of halogens is 3. The van der Waals surface area contributed by atoms with Crippen LogP contribution in [0, 0.1) is 0 Å². The molecule has 10 aromatic carbocycles. The fourth-order valence-electron chi connectivity index (χ4n) is 11.2. The van der Waals surface area contributed by atoms with Crippen molar-refractivity contribution in [3.05, 3.63) is 317 Å². The zero-order chi connectivity index (χ0) is 91.2. The van der Waals surface area contributed by atoms with Gasteiger partial charge in [0.1, 0.15) is 63.9 Å². The number of nitrogens with one attached hydrogen (secondary N) is 5. The van der Waals surface area contributed by atoms with Crippen LogP contribution < -0.4 is 78.3 Å². The number of carbonyl (C=O) groups excluding carboxylic acids is 4. The van der Waals surface area contributed by atoms with Crippen molar-refractivity contribution in [3.8, 4) is 28.7 Å². The Kier molecular flexibility index (Phi) is 40.6. The van der Waals surface area contributed by atoms with E-state index in [4.69, 9.17) is 113 Å². The average Bonchev–Trinajstić information content (AvgIpc) is 0.803. The van der Waals surface area contributed by atoms with Crippen molar-refractivity contribution in [1.29, 1.82) is 0 Å². The van der Waals surface area contributed by atoms with Gasteiger partial charge in [-0.25, -0.2) is 13.1 Å². The fourth-order valence-corrected chi connectivity index (χ4v) is 13.6. The summed E-state index contributed by atoms with van der Waals surface area (Å²) in [5, 5.41) is 55.8. The highest BCUT2D eigenvalue weighted by molar-refractivity contribution is 7.89. The van der Waals surface area contributed by atoms with Crippen LogP contribution in [0.2, 0.25) is 15.1 Å². The second-order valence-electron chi connectivity index (χ2n) is 27.2. The lowest BCUT2D eigenvalue weighted by molar-refractivity contribution is -0.139. The molecular formula is C89H97Cl3N10O21S. The maximum atomic E-state index is 12.4. The minimum absolute atomic E-state index is 0.0369. The van der Waals surface area contributed by atoms with Gasteiger partial charge in [-0.3, -0.25) is 43.2 Å². The number of benzene rings is 10. The van der Waals surface area contributed by atoms with Crippen LogP contribution in [0.25, 0.3) is 0 Å². The Morgan fingerprint density at radius 2 is 0.565 bits per heavy atom. The Bertz CT molecular complexity index is 5350. The maximum absolute atomic E-state index is 12.4. The third kappa shape index (κ3) is 32.8. The van der Waals surface area contributed by atoms with Crippen molar-refractivity contribution >= 4 is 98.3 Å². The summed E-state index contributed by atoms with van der Waals surface area (Å²) in [5.41, 5.74) is 37.6. The fraction of sp³-hybridized carbons (Fsp3) is 0.225. The van der Waals surface area contributed by atoms with Gasteiger partial charge < -0.3 is 99.2 Å². The molecule has 10 aromatic rings. The van der Waals surface area contributed by atoms with E-state index >= 15 is 0 Å².